The summed E-state index contributed by atoms with van der Waals surface area (Å²) in [5.74, 6) is 0.943. The van der Waals surface area contributed by atoms with E-state index in [4.69, 9.17) is 10.5 Å². The van der Waals surface area contributed by atoms with Gasteiger partial charge in [0.2, 0.25) is 0 Å². The van der Waals surface area contributed by atoms with Gasteiger partial charge in [-0.3, -0.25) is 0 Å². The van der Waals surface area contributed by atoms with Crippen LogP contribution in [0.5, 0.6) is 5.75 Å². The number of ether oxygens (including phenoxy) is 1. The third kappa shape index (κ3) is 2.95. The van der Waals surface area contributed by atoms with Crippen LogP contribution in [0, 0.1) is 0 Å². The first-order valence-corrected chi connectivity index (χ1v) is 6.22. The van der Waals surface area contributed by atoms with Crippen LogP contribution in [0.4, 0.5) is 0 Å². The Balaban J connectivity index is 1.95. The second-order valence-corrected chi connectivity index (χ2v) is 4.94. The van der Waals surface area contributed by atoms with Crippen molar-refractivity contribution in [3.8, 4) is 5.75 Å². The van der Waals surface area contributed by atoms with Crippen molar-refractivity contribution in [2.75, 3.05) is 0 Å². The third-order valence-corrected chi connectivity index (χ3v) is 3.50. The lowest BCUT2D eigenvalue weighted by atomic mass is 9.94. The summed E-state index contributed by atoms with van der Waals surface area (Å²) in [7, 11) is 0. The van der Waals surface area contributed by atoms with Gasteiger partial charge in [-0.05, 0) is 53.7 Å². The first-order valence-electron chi connectivity index (χ1n) is 5.42. The molecule has 0 amide bonds. The summed E-state index contributed by atoms with van der Waals surface area (Å²) in [5.41, 5.74) is 5.86. The van der Waals surface area contributed by atoms with Crippen molar-refractivity contribution in [1.29, 1.82) is 0 Å². The van der Waals surface area contributed by atoms with E-state index in [-0.39, 0.29) is 0 Å². The molecule has 15 heavy (non-hydrogen) atoms. The van der Waals surface area contributed by atoms with Gasteiger partial charge in [-0.25, -0.2) is 0 Å². The van der Waals surface area contributed by atoms with Gasteiger partial charge in [-0.2, -0.15) is 0 Å². The van der Waals surface area contributed by atoms with Gasteiger partial charge in [-0.1, -0.05) is 12.1 Å². The van der Waals surface area contributed by atoms with Crippen molar-refractivity contribution in [3.05, 3.63) is 28.7 Å². The number of benzene rings is 1. The van der Waals surface area contributed by atoms with Crippen molar-refractivity contribution in [2.24, 2.45) is 5.73 Å². The number of para-hydroxylation sites is 1. The zero-order chi connectivity index (χ0) is 10.7. The van der Waals surface area contributed by atoms with E-state index in [2.05, 4.69) is 15.9 Å². The maximum absolute atomic E-state index is 5.93. The first-order chi connectivity index (χ1) is 7.25. The Morgan fingerprint density at radius 1 is 1.13 bits per heavy atom. The number of rotatable bonds is 2. The van der Waals surface area contributed by atoms with Crippen LogP contribution in [0.25, 0.3) is 0 Å². The van der Waals surface area contributed by atoms with Crippen molar-refractivity contribution < 1.29 is 4.74 Å². The Kier molecular flexibility index (Phi) is 3.65. The molecular weight excluding hydrogens is 254 g/mol. The zero-order valence-electron chi connectivity index (χ0n) is 8.66. The number of halogens is 1. The molecular formula is C12H16BrNO. The lowest BCUT2D eigenvalue weighted by Crippen LogP contribution is -2.31. The highest BCUT2D eigenvalue weighted by Crippen LogP contribution is 2.28. The largest absolute Gasteiger partial charge is 0.489 e. The normalized spacial score (nSPS) is 26.3. The van der Waals surface area contributed by atoms with Crippen LogP contribution in [-0.4, -0.2) is 12.1 Å². The molecule has 0 saturated heterocycles. The Morgan fingerprint density at radius 3 is 2.47 bits per heavy atom. The summed E-state index contributed by atoms with van der Waals surface area (Å²) in [4.78, 5) is 0. The molecule has 1 fully saturated rings. The van der Waals surface area contributed by atoms with Gasteiger partial charge in [0, 0.05) is 6.04 Å². The molecule has 0 aromatic heterocycles. The summed E-state index contributed by atoms with van der Waals surface area (Å²) < 4.78 is 6.96. The molecule has 2 N–H and O–H groups in total. The van der Waals surface area contributed by atoms with Crippen LogP contribution >= 0.6 is 15.9 Å². The highest BCUT2D eigenvalue weighted by molar-refractivity contribution is 9.10. The molecule has 0 unspecified atom stereocenters. The predicted molar refractivity (Wildman–Crippen MR) is 65.0 cm³/mol. The Labute approximate surface area is 98.9 Å². The van der Waals surface area contributed by atoms with Crippen molar-refractivity contribution in [3.63, 3.8) is 0 Å². The number of nitrogens with two attached hydrogens (primary N) is 1. The Hall–Kier alpha value is -0.540. The second-order valence-electron chi connectivity index (χ2n) is 4.09. The summed E-state index contributed by atoms with van der Waals surface area (Å²) in [5, 5.41) is 0. The lowest BCUT2D eigenvalue weighted by Gasteiger charge is -2.27. The molecule has 1 aliphatic rings. The van der Waals surface area contributed by atoms with Crippen molar-refractivity contribution >= 4 is 15.9 Å². The zero-order valence-corrected chi connectivity index (χ0v) is 10.2. The lowest BCUT2D eigenvalue weighted by molar-refractivity contribution is 0.146. The Bertz CT molecular complexity index is 321. The standard InChI is InChI=1S/C12H16BrNO/c13-11-3-1-2-4-12(11)15-10-7-5-9(14)6-8-10/h1-4,9-10H,5-8,14H2/t9-,10-. The second kappa shape index (κ2) is 4.99. The Morgan fingerprint density at radius 2 is 1.80 bits per heavy atom. The van der Waals surface area contributed by atoms with Gasteiger partial charge >= 0.3 is 0 Å². The fourth-order valence-electron chi connectivity index (χ4n) is 1.93. The summed E-state index contributed by atoms with van der Waals surface area (Å²) >= 11 is 3.49. The average molecular weight is 270 g/mol. The fraction of sp³-hybridized carbons (Fsp3) is 0.500. The summed E-state index contributed by atoms with van der Waals surface area (Å²) in [6.45, 7) is 0. The van der Waals surface area contributed by atoms with E-state index in [9.17, 15) is 0 Å². The van der Waals surface area contributed by atoms with E-state index in [1.165, 1.54) is 0 Å². The minimum Gasteiger partial charge on any atom is -0.489 e. The van der Waals surface area contributed by atoms with Gasteiger partial charge in [-0.15, -0.1) is 0 Å². The minimum absolute atomic E-state index is 0.337. The van der Waals surface area contributed by atoms with Crippen LogP contribution in [0.1, 0.15) is 25.7 Å². The van der Waals surface area contributed by atoms with Crippen LogP contribution in [0.15, 0.2) is 28.7 Å². The van der Waals surface area contributed by atoms with Gasteiger partial charge in [0.15, 0.2) is 0 Å². The molecule has 0 spiro atoms. The van der Waals surface area contributed by atoms with Crippen molar-refractivity contribution in [1.82, 2.24) is 0 Å². The smallest absolute Gasteiger partial charge is 0.133 e. The molecule has 0 atom stereocenters. The number of hydrogen-bond acceptors (Lipinski definition) is 2. The molecule has 3 heteroatoms. The molecule has 1 aromatic carbocycles. The molecule has 2 nitrogen and oxygen atoms in total. The molecule has 1 saturated carbocycles. The summed E-state index contributed by atoms with van der Waals surface area (Å²) in [6.07, 6.45) is 4.64. The molecule has 2 rings (SSSR count). The topological polar surface area (TPSA) is 35.2 Å². The third-order valence-electron chi connectivity index (χ3n) is 2.85. The molecule has 0 aliphatic heterocycles. The van der Waals surface area contributed by atoms with E-state index in [1.807, 2.05) is 24.3 Å². The van der Waals surface area contributed by atoms with Crippen LogP contribution in [0.2, 0.25) is 0 Å². The molecule has 0 radical (unpaired) electrons. The minimum atomic E-state index is 0.337. The maximum Gasteiger partial charge on any atom is 0.133 e. The van der Waals surface area contributed by atoms with E-state index < -0.39 is 0 Å². The monoisotopic (exact) mass is 269 g/mol. The fourth-order valence-corrected chi connectivity index (χ4v) is 2.30. The molecule has 0 bridgehead atoms. The van der Waals surface area contributed by atoms with Gasteiger partial charge in [0.1, 0.15) is 5.75 Å². The number of hydrogen-bond donors (Lipinski definition) is 1. The van der Waals surface area contributed by atoms with E-state index in [1.54, 1.807) is 0 Å². The van der Waals surface area contributed by atoms with Crippen LogP contribution < -0.4 is 10.5 Å². The predicted octanol–water partition coefficient (Wildman–Crippen LogP) is 3.10. The van der Waals surface area contributed by atoms with E-state index >= 15 is 0 Å². The summed E-state index contributed by atoms with van der Waals surface area (Å²) in [6, 6.07) is 8.37. The SMILES string of the molecule is N[C@H]1CC[C@H](Oc2ccccc2Br)CC1. The molecule has 1 aliphatic carbocycles. The van der Waals surface area contributed by atoms with E-state index in [0.717, 1.165) is 35.9 Å². The van der Waals surface area contributed by atoms with Crippen molar-refractivity contribution in [2.45, 2.75) is 37.8 Å². The molecule has 1 aromatic rings. The van der Waals surface area contributed by atoms with Gasteiger partial charge in [0.25, 0.3) is 0 Å². The highest BCUT2D eigenvalue weighted by atomic mass is 79.9. The van der Waals surface area contributed by atoms with Gasteiger partial charge in [0.05, 0.1) is 10.6 Å². The van der Waals surface area contributed by atoms with E-state index in [0.29, 0.717) is 12.1 Å². The van der Waals surface area contributed by atoms with Crippen LogP contribution in [-0.2, 0) is 0 Å². The average Bonchev–Trinajstić information content (AvgIpc) is 2.25. The highest BCUT2D eigenvalue weighted by Gasteiger charge is 2.20. The quantitative estimate of drug-likeness (QED) is 0.896. The molecule has 82 valence electrons. The molecule has 0 heterocycles. The first kappa shape index (κ1) is 11.0. The van der Waals surface area contributed by atoms with Gasteiger partial charge < -0.3 is 10.5 Å². The van der Waals surface area contributed by atoms with Crippen LogP contribution in [0.3, 0.4) is 0 Å². The maximum atomic E-state index is 5.93.